The first-order valence-electron chi connectivity index (χ1n) is 8.51. The summed E-state index contributed by atoms with van der Waals surface area (Å²) in [5.74, 6) is -15.3. The zero-order valence-electron chi connectivity index (χ0n) is 16.1. The van der Waals surface area contributed by atoms with Crippen LogP contribution in [0.3, 0.4) is 0 Å². The SMILES string of the molecule is CCCOC(F)(COC(F)(C(=O)NS(=O)(=O)CCCCC(F)(F)F)C(F)(F)F)C(F)(F)F. The first-order valence-corrected chi connectivity index (χ1v) is 10.2. The molecule has 0 aromatic rings. The van der Waals surface area contributed by atoms with Gasteiger partial charge < -0.3 is 9.47 Å². The molecule has 0 saturated carbocycles. The number of amides is 1. The highest BCUT2D eigenvalue weighted by atomic mass is 32.2. The van der Waals surface area contributed by atoms with E-state index in [1.54, 1.807) is 0 Å². The molecule has 6 nitrogen and oxygen atoms in total. The molecule has 0 spiro atoms. The van der Waals surface area contributed by atoms with Gasteiger partial charge in [0.25, 0.3) is 0 Å². The minimum Gasteiger partial charge on any atom is -0.337 e. The molecule has 1 amide bonds. The Morgan fingerprint density at radius 2 is 1.38 bits per heavy atom. The maximum atomic E-state index is 14.2. The van der Waals surface area contributed by atoms with E-state index in [4.69, 9.17) is 0 Å². The van der Waals surface area contributed by atoms with Gasteiger partial charge in [0.05, 0.1) is 12.4 Å². The van der Waals surface area contributed by atoms with Gasteiger partial charge in [0.2, 0.25) is 10.0 Å². The van der Waals surface area contributed by atoms with Gasteiger partial charge in [-0.25, -0.2) is 13.1 Å². The van der Waals surface area contributed by atoms with E-state index in [0.717, 1.165) is 0 Å². The fourth-order valence-corrected chi connectivity index (χ4v) is 2.91. The Kier molecular flexibility index (Phi) is 10.2. The van der Waals surface area contributed by atoms with Crippen molar-refractivity contribution in [1.82, 2.24) is 4.72 Å². The monoisotopic (exact) mass is 521 g/mol. The third kappa shape index (κ3) is 9.21. The Labute approximate surface area is 174 Å². The second-order valence-electron chi connectivity index (χ2n) is 6.28. The number of nitrogens with one attached hydrogen (secondary N) is 1. The lowest BCUT2D eigenvalue weighted by atomic mass is 10.2. The number of halogens is 11. The number of alkyl halides is 11. The standard InChI is InChI=1S/C14H18F11NO5S/c1-2-6-30-10(15,13(20,21)22)8-31-12(19,14(23,24)25)9(27)26-32(28,29)7-4-3-5-11(16,17)18/h2-8H2,1H3,(H,26,27). The fourth-order valence-electron chi connectivity index (χ4n) is 1.81. The molecular weight excluding hydrogens is 503 g/mol. The molecule has 1 N–H and O–H groups in total. The summed E-state index contributed by atoms with van der Waals surface area (Å²) in [5.41, 5.74) is 0. The number of sulfonamides is 1. The number of ether oxygens (including phenoxy) is 2. The smallest absolute Gasteiger partial charge is 0.337 e. The number of hydrogen-bond acceptors (Lipinski definition) is 5. The van der Waals surface area contributed by atoms with Gasteiger partial charge >= 0.3 is 36.1 Å². The fraction of sp³-hybridized carbons (Fsp3) is 0.929. The minimum atomic E-state index is -6.49. The Balaban J connectivity index is 5.48. The molecule has 2 atom stereocenters. The predicted molar refractivity (Wildman–Crippen MR) is 83.8 cm³/mol. The van der Waals surface area contributed by atoms with Crippen LogP contribution in [0.4, 0.5) is 48.3 Å². The van der Waals surface area contributed by atoms with Crippen LogP contribution in [0, 0.1) is 0 Å². The number of carbonyl (C=O) groups excluding carboxylic acids is 1. The van der Waals surface area contributed by atoms with Crippen LogP contribution in [-0.4, -0.2) is 63.5 Å². The lowest BCUT2D eigenvalue weighted by Gasteiger charge is -2.32. The first kappa shape index (κ1) is 30.6. The molecule has 0 aromatic carbocycles. The normalized spacial score (nSPS) is 17.5. The summed E-state index contributed by atoms with van der Waals surface area (Å²) in [5, 5.41) is 0. The van der Waals surface area contributed by atoms with Crippen LogP contribution in [0.25, 0.3) is 0 Å². The van der Waals surface area contributed by atoms with Gasteiger partial charge in [-0.1, -0.05) is 6.92 Å². The van der Waals surface area contributed by atoms with Gasteiger partial charge in [0.1, 0.15) is 6.61 Å². The highest BCUT2D eigenvalue weighted by molar-refractivity contribution is 7.90. The van der Waals surface area contributed by atoms with Crippen molar-refractivity contribution in [3.05, 3.63) is 0 Å². The van der Waals surface area contributed by atoms with E-state index in [2.05, 4.69) is 9.47 Å². The molecule has 0 heterocycles. The average molecular weight is 521 g/mol. The van der Waals surface area contributed by atoms with Crippen LogP contribution in [0.2, 0.25) is 0 Å². The predicted octanol–water partition coefficient (Wildman–Crippen LogP) is 4.06. The average Bonchev–Trinajstić information content (AvgIpc) is 2.58. The topological polar surface area (TPSA) is 81.7 Å². The van der Waals surface area contributed by atoms with Gasteiger partial charge in [0.15, 0.2) is 0 Å². The van der Waals surface area contributed by atoms with E-state index in [1.807, 2.05) is 0 Å². The molecular formula is C14H18F11NO5S. The van der Waals surface area contributed by atoms with Gasteiger partial charge in [-0.3, -0.25) is 4.79 Å². The number of unbranched alkanes of at least 4 members (excludes halogenated alkanes) is 1. The molecule has 0 radical (unpaired) electrons. The molecule has 0 aliphatic rings. The molecule has 0 saturated heterocycles. The summed E-state index contributed by atoms with van der Waals surface area (Å²) in [7, 11) is -5.17. The summed E-state index contributed by atoms with van der Waals surface area (Å²) in [6, 6.07) is 0. The van der Waals surface area contributed by atoms with Crippen molar-refractivity contribution in [3.8, 4) is 0 Å². The van der Waals surface area contributed by atoms with Gasteiger partial charge in [-0.2, -0.15) is 48.3 Å². The molecule has 18 heteroatoms. The zero-order chi connectivity index (χ0) is 25.6. The summed E-state index contributed by atoms with van der Waals surface area (Å²) >= 11 is 0. The number of carbonyl (C=O) groups is 1. The van der Waals surface area contributed by atoms with Crippen molar-refractivity contribution in [1.29, 1.82) is 0 Å². The molecule has 0 aliphatic heterocycles. The third-order valence-electron chi connectivity index (χ3n) is 3.44. The Morgan fingerprint density at radius 3 is 1.78 bits per heavy atom. The summed E-state index contributed by atoms with van der Waals surface area (Å²) in [6.07, 6.45) is -20.6. The minimum absolute atomic E-state index is 0.255. The molecule has 0 fully saturated rings. The van der Waals surface area contributed by atoms with E-state index in [1.165, 1.54) is 6.92 Å². The van der Waals surface area contributed by atoms with Crippen molar-refractivity contribution >= 4 is 15.9 Å². The maximum absolute atomic E-state index is 14.2. The summed E-state index contributed by atoms with van der Waals surface area (Å²) < 4.78 is 172. The summed E-state index contributed by atoms with van der Waals surface area (Å²) in [4.78, 5) is 11.6. The Hall–Kier alpha value is -1.43. The van der Waals surface area contributed by atoms with Gasteiger partial charge in [-0.15, -0.1) is 0 Å². The zero-order valence-corrected chi connectivity index (χ0v) is 16.9. The van der Waals surface area contributed by atoms with Crippen LogP contribution < -0.4 is 4.72 Å². The van der Waals surface area contributed by atoms with Crippen molar-refractivity contribution in [2.75, 3.05) is 19.0 Å². The van der Waals surface area contributed by atoms with Crippen molar-refractivity contribution < 1.29 is 71.0 Å². The van der Waals surface area contributed by atoms with Crippen molar-refractivity contribution in [3.63, 3.8) is 0 Å². The highest BCUT2D eigenvalue weighted by Gasteiger charge is 2.67. The first-order chi connectivity index (χ1) is 14.1. The van der Waals surface area contributed by atoms with Crippen molar-refractivity contribution in [2.45, 2.75) is 62.8 Å². The van der Waals surface area contributed by atoms with E-state index in [0.29, 0.717) is 4.72 Å². The molecule has 0 aromatic heterocycles. The van der Waals surface area contributed by atoms with Crippen LogP contribution in [-0.2, 0) is 24.3 Å². The van der Waals surface area contributed by atoms with E-state index in [-0.39, 0.29) is 6.42 Å². The van der Waals surface area contributed by atoms with E-state index < -0.39 is 84.4 Å². The molecule has 0 rings (SSSR count). The highest BCUT2D eigenvalue weighted by Crippen LogP contribution is 2.40. The van der Waals surface area contributed by atoms with Crippen LogP contribution in [0.5, 0.6) is 0 Å². The van der Waals surface area contributed by atoms with E-state index >= 15 is 0 Å². The largest absolute Gasteiger partial charge is 0.458 e. The molecule has 0 aliphatic carbocycles. The molecule has 32 heavy (non-hydrogen) atoms. The molecule has 192 valence electrons. The molecule has 2 unspecified atom stereocenters. The van der Waals surface area contributed by atoms with Crippen molar-refractivity contribution in [2.24, 2.45) is 0 Å². The lowest BCUT2D eigenvalue weighted by molar-refractivity contribution is -0.378. The molecule has 0 bridgehead atoms. The third-order valence-corrected chi connectivity index (χ3v) is 4.77. The second kappa shape index (κ2) is 10.7. The number of rotatable bonds is 12. The van der Waals surface area contributed by atoms with Crippen LogP contribution in [0.1, 0.15) is 32.6 Å². The Morgan fingerprint density at radius 1 is 0.844 bits per heavy atom. The second-order valence-corrected chi connectivity index (χ2v) is 8.12. The number of hydrogen-bond donors (Lipinski definition) is 1. The van der Waals surface area contributed by atoms with Gasteiger partial charge in [-0.05, 0) is 19.3 Å². The quantitative estimate of drug-likeness (QED) is 0.310. The van der Waals surface area contributed by atoms with E-state index in [9.17, 15) is 61.5 Å². The maximum Gasteiger partial charge on any atom is 0.458 e. The summed E-state index contributed by atoms with van der Waals surface area (Å²) in [6.45, 7) is -2.64. The lowest BCUT2D eigenvalue weighted by Crippen LogP contribution is -2.59. The van der Waals surface area contributed by atoms with Crippen LogP contribution in [0.15, 0.2) is 0 Å². The van der Waals surface area contributed by atoms with Gasteiger partial charge in [0, 0.05) is 6.42 Å². The van der Waals surface area contributed by atoms with Crippen LogP contribution >= 0.6 is 0 Å². The Bertz CT molecular complexity index is 722.